The van der Waals surface area contributed by atoms with E-state index < -0.39 is 0 Å². The molecule has 1 aliphatic rings. The molecule has 8 heteroatoms. The number of hydrogen-bond acceptors (Lipinski definition) is 5. The van der Waals surface area contributed by atoms with Crippen molar-refractivity contribution in [1.29, 1.82) is 0 Å². The minimum atomic E-state index is -0.169. The SMILES string of the molecule is CCNC(=NCCCCC(=O)OC)NCCc1ccc2c(c1)OCO2.I. The molecule has 0 amide bonds. The van der Waals surface area contributed by atoms with Gasteiger partial charge in [0.2, 0.25) is 6.79 Å². The van der Waals surface area contributed by atoms with Crippen molar-refractivity contribution in [1.82, 2.24) is 10.6 Å². The summed E-state index contributed by atoms with van der Waals surface area (Å²) in [6, 6.07) is 6.01. The average molecular weight is 477 g/mol. The highest BCUT2D eigenvalue weighted by molar-refractivity contribution is 14.0. The zero-order valence-corrected chi connectivity index (χ0v) is 17.7. The van der Waals surface area contributed by atoms with E-state index in [1.54, 1.807) is 0 Å². The van der Waals surface area contributed by atoms with Crippen molar-refractivity contribution >= 4 is 35.9 Å². The number of benzene rings is 1. The van der Waals surface area contributed by atoms with Gasteiger partial charge in [0, 0.05) is 26.1 Å². The van der Waals surface area contributed by atoms with Crippen molar-refractivity contribution in [2.75, 3.05) is 33.5 Å². The van der Waals surface area contributed by atoms with Gasteiger partial charge in [-0.3, -0.25) is 9.79 Å². The Morgan fingerprint density at radius 3 is 2.81 bits per heavy atom. The van der Waals surface area contributed by atoms with Gasteiger partial charge >= 0.3 is 5.97 Å². The number of nitrogens with one attached hydrogen (secondary N) is 2. The van der Waals surface area contributed by atoms with Gasteiger partial charge in [-0.05, 0) is 43.9 Å². The van der Waals surface area contributed by atoms with Crippen molar-refractivity contribution in [2.45, 2.75) is 32.6 Å². The molecule has 0 saturated heterocycles. The number of guanidine groups is 1. The summed E-state index contributed by atoms with van der Waals surface area (Å²) in [5.74, 6) is 2.24. The summed E-state index contributed by atoms with van der Waals surface area (Å²) in [5, 5.41) is 6.55. The number of rotatable bonds is 9. The Balaban J connectivity index is 0.00000338. The molecule has 0 atom stereocenters. The fraction of sp³-hybridized carbons (Fsp3) is 0.556. The Labute approximate surface area is 171 Å². The molecule has 0 fully saturated rings. The summed E-state index contributed by atoms with van der Waals surface area (Å²) in [6.45, 7) is 4.58. The fourth-order valence-electron chi connectivity index (χ4n) is 2.44. The molecule has 2 N–H and O–H groups in total. The Kier molecular flexibility index (Phi) is 10.8. The Bertz CT molecular complexity index is 596. The number of halogens is 1. The highest BCUT2D eigenvalue weighted by Gasteiger charge is 2.12. The summed E-state index contributed by atoms with van der Waals surface area (Å²) >= 11 is 0. The van der Waals surface area contributed by atoms with Crippen molar-refractivity contribution in [3.05, 3.63) is 23.8 Å². The van der Waals surface area contributed by atoms with Gasteiger partial charge in [0.15, 0.2) is 17.5 Å². The van der Waals surface area contributed by atoms with E-state index in [0.717, 1.165) is 49.8 Å². The van der Waals surface area contributed by atoms with Crippen LogP contribution in [0.1, 0.15) is 31.7 Å². The summed E-state index contributed by atoms with van der Waals surface area (Å²) in [7, 11) is 1.41. The molecule has 2 rings (SSSR count). The number of nitrogens with zero attached hydrogens (tertiary/aromatic N) is 1. The number of aliphatic imine (C=N–C) groups is 1. The molecule has 0 radical (unpaired) electrons. The fourth-order valence-corrected chi connectivity index (χ4v) is 2.44. The molecule has 0 bridgehead atoms. The smallest absolute Gasteiger partial charge is 0.305 e. The lowest BCUT2D eigenvalue weighted by atomic mass is 10.1. The number of carbonyl (C=O) groups excluding carboxylic acids is 1. The molecule has 1 aliphatic heterocycles. The topological polar surface area (TPSA) is 81.2 Å². The largest absolute Gasteiger partial charge is 0.469 e. The summed E-state index contributed by atoms with van der Waals surface area (Å²) in [5.41, 5.74) is 1.19. The molecule has 1 aromatic carbocycles. The average Bonchev–Trinajstić information content (AvgIpc) is 3.09. The van der Waals surface area contributed by atoms with Gasteiger partial charge in [-0.1, -0.05) is 6.07 Å². The maximum absolute atomic E-state index is 11.1. The number of carbonyl (C=O) groups is 1. The first-order valence-corrected chi connectivity index (χ1v) is 8.70. The molecule has 26 heavy (non-hydrogen) atoms. The second-order valence-electron chi connectivity index (χ2n) is 5.66. The molecular weight excluding hydrogens is 449 g/mol. The third kappa shape index (κ3) is 7.67. The lowest BCUT2D eigenvalue weighted by Gasteiger charge is -2.11. The van der Waals surface area contributed by atoms with Gasteiger partial charge < -0.3 is 24.8 Å². The van der Waals surface area contributed by atoms with Gasteiger partial charge in [-0.15, -0.1) is 24.0 Å². The van der Waals surface area contributed by atoms with Crippen LogP contribution in [0.15, 0.2) is 23.2 Å². The van der Waals surface area contributed by atoms with Crippen LogP contribution in [0.25, 0.3) is 0 Å². The van der Waals surface area contributed by atoms with E-state index in [1.165, 1.54) is 12.7 Å². The van der Waals surface area contributed by atoms with Crippen LogP contribution in [0.5, 0.6) is 11.5 Å². The first-order valence-electron chi connectivity index (χ1n) is 8.70. The molecule has 7 nitrogen and oxygen atoms in total. The Morgan fingerprint density at radius 1 is 1.23 bits per heavy atom. The number of unbranched alkanes of at least 4 members (excludes halogenated alkanes) is 1. The lowest BCUT2D eigenvalue weighted by molar-refractivity contribution is -0.140. The normalized spacial score (nSPS) is 12.3. The van der Waals surface area contributed by atoms with Gasteiger partial charge in [0.1, 0.15) is 0 Å². The summed E-state index contributed by atoms with van der Waals surface area (Å²) in [4.78, 5) is 15.6. The zero-order valence-electron chi connectivity index (χ0n) is 15.4. The maximum atomic E-state index is 11.1. The molecule has 0 aromatic heterocycles. The quantitative estimate of drug-likeness (QED) is 0.187. The van der Waals surface area contributed by atoms with Crippen LogP contribution < -0.4 is 20.1 Å². The molecule has 0 spiro atoms. The van der Waals surface area contributed by atoms with Gasteiger partial charge in [-0.2, -0.15) is 0 Å². The van der Waals surface area contributed by atoms with Crippen LogP contribution in [-0.4, -0.2) is 45.5 Å². The summed E-state index contributed by atoms with van der Waals surface area (Å²) in [6.07, 6.45) is 2.95. The summed E-state index contributed by atoms with van der Waals surface area (Å²) < 4.78 is 15.3. The molecule has 1 aromatic rings. The number of ether oxygens (including phenoxy) is 3. The van der Waals surface area contributed by atoms with Crippen LogP contribution >= 0.6 is 24.0 Å². The standard InChI is InChI=1S/C18H27N3O4.HI/c1-3-19-18(20-10-5-4-6-17(22)23-2)21-11-9-14-7-8-15-16(12-14)25-13-24-15;/h7-8,12H,3-6,9-11,13H2,1-2H3,(H2,19,20,21);1H. The second-order valence-corrected chi connectivity index (χ2v) is 5.66. The Hall–Kier alpha value is -1.71. The molecular formula is C18H28IN3O4. The van der Waals surface area contributed by atoms with Gasteiger partial charge in [0.05, 0.1) is 7.11 Å². The van der Waals surface area contributed by atoms with Crippen molar-refractivity contribution in [3.8, 4) is 11.5 Å². The minimum absolute atomic E-state index is 0. The van der Waals surface area contributed by atoms with Gasteiger partial charge in [0.25, 0.3) is 0 Å². The monoisotopic (exact) mass is 477 g/mol. The van der Waals surface area contributed by atoms with Crippen LogP contribution in [0.2, 0.25) is 0 Å². The van der Waals surface area contributed by atoms with E-state index in [-0.39, 0.29) is 29.9 Å². The second kappa shape index (κ2) is 12.6. The van der Waals surface area contributed by atoms with Crippen LogP contribution in [0, 0.1) is 0 Å². The lowest BCUT2D eigenvalue weighted by Crippen LogP contribution is -2.38. The van der Waals surface area contributed by atoms with Crippen molar-refractivity contribution in [2.24, 2.45) is 4.99 Å². The van der Waals surface area contributed by atoms with E-state index in [2.05, 4.69) is 20.4 Å². The number of hydrogen-bond donors (Lipinski definition) is 2. The molecule has 0 saturated carbocycles. The van der Waals surface area contributed by atoms with E-state index in [9.17, 15) is 4.79 Å². The Morgan fingerprint density at radius 2 is 2.04 bits per heavy atom. The highest BCUT2D eigenvalue weighted by atomic mass is 127. The minimum Gasteiger partial charge on any atom is -0.469 e. The van der Waals surface area contributed by atoms with Crippen LogP contribution in [0.3, 0.4) is 0 Å². The third-order valence-electron chi connectivity index (χ3n) is 3.77. The van der Waals surface area contributed by atoms with E-state index in [1.807, 2.05) is 25.1 Å². The molecule has 0 aliphatic carbocycles. The predicted octanol–water partition coefficient (Wildman–Crippen LogP) is 2.47. The third-order valence-corrected chi connectivity index (χ3v) is 3.77. The molecule has 0 unspecified atom stereocenters. The van der Waals surface area contributed by atoms with E-state index in [0.29, 0.717) is 19.8 Å². The van der Waals surface area contributed by atoms with Crippen molar-refractivity contribution < 1.29 is 19.0 Å². The number of fused-ring (bicyclic) bond motifs is 1. The maximum Gasteiger partial charge on any atom is 0.305 e. The number of methoxy groups -OCH3 is 1. The zero-order chi connectivity index (χ0) is 17.9. The van der Waals surface area contributed by atoms with Crippen LogP contribution in [-0.2, 0) is 16.0 Å². The van der Waals surface area contributed by atoms with E-state index in [4.69, 9.17) is 9.47 Å². The number of esters is 1. The van der Waals surface area contributed by atoms with Crippen molar-refractivity contribution in [3.63, 3.8) is 0 Å². The predicted molar refractivity (Wildman–Crippen MR) is 112 cm³/mol. The van der Waals surface area contributed by atoms with E-state index >= 15 is 0 Å². The first-order chi connectivity index (χ1) is 12.2. The molecule has 1 heterocycles. The first kappa shape index (κ1) is 22.3. The molecule has 146 valence electrons. The van der Waals surface area contributed by atoms with Gasteiger partial charge in [-0.25, -0.2) is 0 Å². The van der Waals surface area contributed by atoms with Crippen LogP contribution in [0.4, 0.5) is 0 Å². The highest BCUT2D eigenvalue weighted by Crippen LogP contribution is 2.32.